The molecule has 0 atom stereocenters. The van der Waals surface area contributed by atoms with Gasteiger partial charge in [0.05, 0.1) is 0 Å². The van der Waals surface area contributed by atoms with Crippen molar-refractivity contribution >= 4 is 28.3 Å². The average molecular weight is 484 g/mol. The molecule has 1 aliphatic rings. The Morgan fingerprint density at radius 1 is 0.771 bits per heavy atom. The highest BCUT2D eigenvalue weighted by atomic mass is 32.1. The Morgan fingerprint density at radius 2 is 1.34 bits per heavy atom. The summed E-state index contributed by atoms with van der Waals surface area (Å²) in [5.74, 6) is 1.09. The van der Waals surface area contributed by atoms with E-state index in [1.165, 1.54) is 39.5 Å². The van der Waals surface area contributed by atoms with Gasteiger partial charge in [0.25, 0.3) is 0 Å². The van der Waals surface area contributed by atoms with Crippen LogP contribution in [0.15, 0.2) is 78.9 Å². The van der Waals surface area contributed by atoms with Crippen LogP contribution in [0.3, 0.4) is 0 Å². The van der Waals surface area contributed by atoms with Crippen LogP contribution in [0.4, 0.5) is 16.8 Å². The third-order valence-electron chi connectivity index (χ3n) is 6.84. The van der Waals surface area contributed by atoms with Gasteiger partial charge >= 0.3 is 0 Å². The molecule has 0 unspecified atom stereocenters. The third kappa shape index (κ3) is 5.49. The average Bonchev–Trinajstić information content (AvgIpc) is 3.37. The smallest absolute Gasteiger partial charge is 0.236 e. The number of piperazine rings is 1. The molecule has 3 aromatic carbocycles. The lowest BCUT2D eigenvalue weighted by atomic mass is 9.88. The molecule has 180 valence electrons. The van der Waals surface area contributed by atoms with E-state index in [1.807, 2.05) is 0 Å². The fourth-order valence-corrected chi connectivity index (χ4v) is 5.77. The summed E-state index contributed by atoms with van der Waals surface area (Å²) in [4.78, 5) is 9.69. The Bertz CT molecular complexity index is 1160. The monoisotopic (exact) mass is 483 g/mol. The molecule has 1 aliphatic heterocycles. The Balaban J connectivity index is 1.18. The second-order valence-electron chi connectivity index (χ2n) is 9.20. The number of hydrogen-bond donors (Lipinski definition) is 1. The van der Waals surface area contributed by atoms with Gasteiger partial charge in [-0.25, -0.2) is 0 Å². The van der Waals surface area contributed by atoms with E-state index >= 15 is 0 Å². The summed E-state index contributed by atoms with van der Waals surface area (Å²) in [6.07, 6.45) is 0.983. The molecule has 5 nitrogen and oxygen atoms in total. The minimum atomic E-state index is 0.348. The van der Waals surface area contributed by atoms with Gasteiger partial charge in [0, 0.05) is 55.9 Å². The first kappa shape index (κ1) is 23.4. The second kappa shape index (κ2) is 10.9. The molecule has 1 N–H and O–H groups in total. The number of para-hydroxylation sites is 1. The molecule has 0 spiro atoms. The standard InChI is InChI=1S/C29H33N5S/c1-22-10-9-11-23(2)27(22)33-18-20-34(21-19-33)29-31-28(32-35-29)30-17-16-26(24-12-5-3-6-13-24)25-14-7-4-8-15-25/h3-15,26H,16-21H2,1-2H3,(H,30,32). The minimum Gasteiger partial charge on any atom is -0.368 e. The van der Waals surface area contributed by atoms with Crippen LogP contribution in [0, 0.1) is 13.8 Å². The minimum absolute atomic E-state index is 0.348. The van der Waals surface area contributed by atoms with Gasteiger partial charge in [0.15, 0.2) is 0 Å². The fourth-order valence-electron chi connectivity index (χ4n) is 5.07. The normalized spacial score (nSPS) is 13.9. The van der Waals surface area contributed by atoms with Crippen LogP contribution in [0.1, 0.15) is 34.6 Å². The lowest BCUT2D eigenvalue weighted by molar-refractivity contribution is 0.649. The molecule has 4 aromatic rings. The first-order valence-electron chi connectivity index (χ1n) is 12.4. The van der Waals surface area contributed by atoms with Gasteiger partial charge in [-0.05, 0) is 42.5 Å². The molecule has 1 aromatic heterocycles. The molecule has 2 heterocycles. The molecule has 5 rings (SSSR count). The molecule has 0 radical (unpaired) electrons. The summed E-state index contributed by atoms with van der Waals surface area (Å²) in [5.41, 5.74) is 6.77. The molecule has 0 saturated carbocycles. The summed E-state index contributed by atoms with van der Waals surface area (Å²) in [6.45, 7) is 9.17. The fraction of sp³-hybridized carbons (Fsp3) is 0.310. The van der Waals surface area contributed by atoms with Crippen LogP contribution in [0.2, 0.25) is 0 Å². The van der Waals surface area contributed by atoms with E-state index in [0.29, 0.717) is 5.92 Å². The number of nitrogens with one attached hydrogen (secondary N) is 1. The zero-order valence-corrected chi connectivity index (χ0v) is 21.3. The van der Waals surface area contributed by atoms with Crippen molar-refractivity contribution in [2.75, 3.05) is 47.8 Å². The van der Waals surface area contributed by atoms with Gasteiger partial charge in [-0.2, -0.15) is 9.36 Å². The summed E-state index contributed by atoms with van der Waals surface area (Å²) in [5, 5.41) is 4.49. The molecule has 35 heavy (non-hydrogen) atoms. The maximum atomic E-state index is 4.81. The topological polar surface area (TPSA) is 44.3 Å². The summed E-state index contributed by atoms with van der Waals surface area (Å²) in [6, 6.07) is 28.0. The maximum Gasteiger partial charge on any atom is 0.236 e. The van der Waals surface area contributed by atoms with Crippen LogP contribution < -0.4 is 15.1 Å². The third-order valence-corrected chi connectivity index (χ3v) is 7.62. The van der Waals surface area contributed by atoms with E-state index in [1.54, 1.807) is 0 Å². The highest BCUT2D eigenvalue weighted by Gasteiger charge is 2.22. The molecule has 0 aliphatic carbocycles. The zero-order valence-electron chi connectivity index (χ0n) is 20.5. The molecular weight excluding hydrogens is 450 g/mol. The van der Waals surface area contributed by atoms with Gasteiger partial charge in [0.2, 0.25) is 11.1 Å². The van der Waals surface area contributed by atoms with Crippen LogP contribution in [0.5, 0.6) is 0 Å². The quantitative estimate of drug-likeness (QED) is 0.327. The largest absolute Gasteiger partial charge is 0.368 e. The summed E-state index contributed by atoms with van der Waals surface area (Å²) < 4.78 is 4.60. The second-order valence-corrected chi connectivity index (χ2v) is 9.93. The van der Waals surface area contributed by atoms with Gasteiger partial charge in [-0.1, -0.05) is 78.9 Å². The van der Waals surface area contributed by atoms with Crippen molar-refractivity contribution < 1.29 is 0 Å². The highest BCUT2D eigenvalue weighted by Crippen LogP contribution is 2.29. The van der Waals surface area contributed by atoms with Crippen molar-refractivity contribution in [2.45, 2.75) is 26.2 Å². The lowest BCUT2D eigenvalue weighted by Crippen LogP contribution is -2.47. The molecular formula is C29H33N5S. The molecule has 0 bridgehead atoms. The van der Waals surface area contributed by atoms with E-state index in [4.69, 9.17) is 4.98 Å². The van der Waals surface area contributed by atoms with E-state index in [-0.39, 0.29) is 0 Å². The van der Waals surface area contributed by atoms with E-state index in [0.717, 1.165) is 50.2 Å². The summed E-state index contributed by atoms with van der Waals surface area (Å²) in [7, 11) is 0. The van der Waals surface area contributed by atoms with Crippen LogP contribution in [-0.2, 0) is 0 Å². The lowest BCUT2D eigenvalue weighted by Gasteiger charge is -2.37. The first-order valence-corrected chi connectivity index (χ1v) is 13.2. The van der Waals surface area contributed by atoms with E-state index in [2.05, 4.69) is 112 Å². The number of rotatable bonds is 8. The number of hydrogen-bond acceptors (Lipinski definition) is 6. The summed E-state index contributed by atoms with van der Waals surface area (Å²) >= 11 is 1.49. The predicted molar refractivity (Wildman–Crippen MR) is 148 cm³/mol. The van der Waals surface area contributed by atoms with Crippen LogP contribution >= 0.6 is 11.5 Å². The van der Waals surface area contributed by atoms with Crippen molar-refractivity contribution in [1.29, 1.82) is 0 Å². The van der Waals surface area contributed by atoms with Gasteiger partial charge < -0.3 is 15.1 Å². The number of benzene rings is 3. The number of anilines is 3. The Labute approximate surface area is 212 Å². The number of nitrogens with zero attached hydrogens (tertiary/aromatic N) is 4. The van der Waals surface area contributed by atoms with Gasteiger partial charge in [-0.3, -0.25) is 0 Å². The maximum absolute atomic E-state index is 4.81. The zero-order chi connectivity index (χ0) is 24.0. The van der Waals surface area contributed by atoms with E-state index in [9.17, 15) is 0 Å². The number of aryl methyl sites for hydroxylation is 2. The van der Waals surface area contributed by atoms with E-state index < -0.39 is 0 Å². The van der Waals surface area contributed by atoms with Crippen molar-refractivity contribution in [3.8, 4) is 0 Å². The van der Waals surface area contributed by atoms with Gasteiger partial charge in [-0.15, -0.1) is 0 Å². The SMILES string of the molecule is Cc1cccc(C)c1N1CCN(c2nc(NCCC(c3ccccc3)c3ccccc3)ns2)CC1. The number of aromatic nitrogens is 2. The van der Waals surface area contributed by atoms with Crippen molar-refractivity contribution in [2.24, 2.45) is 0 Å². The first-order chi connectivity index (χ1) is 17.2. The molecule has 1 saturated heterocycles. The van der Waals surface area contributed by atoms with Crippen molar-refractivity contribution in [1.82, 2.24) is 9.36 Å². The van der Waals surface area contributed by atoms with Crippen molar-refractivity contribution in [3.63, 3.8) is 0 Å². The van der Waals surface area contributed by atoms with Crippen molar-refractivity contribution in [3.05, 3.63) is 101 Å². The predicted octanol–water partition coefficient (Wildman–Crippen LogP) is 6.12. The Kier molecular flexibility index (Phi) is 7.28. The Morgan fingerprint density at radius 3 is 1.94 bits per heavy atom. The van der Waals surface area contributed by atoms with Crippen LogP contribution in [-0.4, -0.2) is 42.1 Å². The van der Waals surface area contributed by atoms with Gasteiger partial charge in [0.1, 0.15) is 0 Å². The molecule has 1 fully saturated rings. The van der Waals surface area contributed by atoms with Crippen LogP contribution in [0.25, 0.3) is 0 Å². The molecule has 0 amide bonds. The molecule has 6 heteroatoms. The Hall–Kier alpha value is -3.38. The highest BCUT2D eigenvalue weighted by molar-refractivity contribution is 7.09.